The molecule has 4 aromatic carbocycles. The summed E-state index contributed by atoms with van der Waals surface area (Å²) >= 11 is 12.3. The monoisotopic (exact) mass is 1010 g/mol. The molecule has 1 saturated carbocycles. The van der Waals surface area contributed by atoms with Gasteiger partial charge >= 0.3 is 0 Å². The van der Waals surface area contributed by atoms with Gasteiger partial charge in [-0.1, -0.05) is 56.1 Å². The number of fused-ring (bicyclic) bond motifs is 1. The lowest BCUT2D eigenvalue weighted by atomic mass is 9.67. The number of benzene rings is 4. The largest absolute Gasteiger partial charge is 0.495 e. The number of ether oxygens (including phenoxy) is 1. The van der Waals surface area contributed by atoms with Crippen LogP contribution in [0.3, 0.4) is 0 Å². The quantitative estimate of drug-likeness (QED) is 0.0416. The minimum atomic E-state index is -1.73. The average Bonchev–Trinajstić information content (AvgIpc) is 3.69. The number of rotatable bonds is 16. The Bertz CT molecular complexity index is 2850. The first-order valence-electron chi connectivity index (χ1n) is 23.2. The number of nitrogens with zero attached hydrogens (tertiary/aromatic N) is 2. The first-order valence-corrected chi connectivity index (χ1v) is 23.9. The highest BCUT2D eigenvalue weighted by Gasteiger charge is 2.66. The number of carbonyl (C=O) groups is 7. The number of imide groups is 2. The van der Waals surface area contributed by atoms with Crippen LogP contribution in [0.25, 0.3) is 4.85 Å². The normalized spacial score (nSPS) is 21.0. The first-order chi connectivity index (χ1) is 33.8. The van der Waals surface area contributed by atoms with E-state index in [0.717, 1.165) is 17.0 Å². The number of unbranched alkanes of at least 4 members (excludes halogenated alkanes) is 1. The van der Waals surface area contributed by atoms with Crippen molar-refractivity contribution in [2.24, 2.45) is 17.3 Å². The molecule has 19 heteroatoms. The fourth-order valence-corrected chi connectivity index (χ4v) is 10.4. The van der Waals surface area contributed by atoms with Crippen molar-refractivity contribution in [1.82, 2.24) is 20.9 Å². The molecule has 2 aliphatic heterocycles. The van der Waals surface area contributed by atoms with Crippen molar-refractivity contribution >= 4 is 75.9 Å². The molecule has 0 aromatic heterocycles. The third-order valence-electron chi connectivity index (χ3n) is 13.1. The molecule has 1 saturated heterocycles. The highest BCUT2D eigenvalue weighted by molar-refractivity contribution is 6.31. The Labute approximate surface area is 419 Å². The molecule has 5 atom stereocenters. The second-order valence-electron chi connectivity index (χ2n) is 19.1. The van der Waals surface area contributed by atoms with Crippen LogP contribution in [0.1, 0.15) is 114 Å². The van der Waals surface area contributed by atoms with E-state index in [4.69, 9.17) is 34.5 Å². The molecule has 0 radical (unpaired) electrons. The molecule has 7 rings (SSSR count). The van der Waals surface area contributed by atoms with Crippen LogP contribution in [0.2, 0.25) is 10.0 Å². The van der Waals surface area contributed by atoms with Crippen LogP contribution >= 0.6 is 23.2 Å². The molecular formula is C52H53Cl2F2N7O8. The van der Waals surface area contributed by atoms with E-state index in [1.165, 1.54) is 67.8 Å². The van der Waals surface area contributed by atoms with Gasteiger partial charge in [-0.15, -0.1) is 0 Å². The average molecular weight is 1010 g/mol. The maximum Gasteiger partial charge on any atom is 0.270 e. The van der Waals surface area contributed by atoms with Crippen molar-refractivity contribution < 1.29 is 47.1 Å². The van der Waals surface area contributed by atoms with Gasteiger partial charge in [-0.25, -0.2) is 15.4 Å². The van der Waals surface area contributed by atoms with Crippen LogP contribution in [-0.4, -0.2) is 79.0 Å². The van der Waals surface area contributed by atoms with Gasteiger partial charge in [0.15, 0.2) is 0 Å². The van der Waals surface area contributed by atoms with Gasteiger partial charge in [0.05, 0.1) is 53.6 Å². The van der Waals surface area contributed by atoms with Crippen molar-refractivity contribution in [3.8, 4) is 5.75 Å². The van der Waals surface area contributed by atoms with Crippen LogP contribution in [0, 0.1) is 35.5 Å². The van der Waals surface area contributed by atoms with Gasteiger partial charge in [-0.2, -0.15) is 0 Å². The highest BCUT2D eigenvalue weighted by atomic mass is 35.5. The van der Waals surface area contributed by atoms with E-state index in [-0.39, 0.29) is 92.8 Å². The summed E-state index contributed by atoms with van der Waals surface area (Å²) in [7, 11) is 1.37. The fourth-order valence-electron chi connectivity index (χ4n) is 10.1. The number of anilines is 2. The molecule has 4 aromatic rings. The van der Waals surface area contributed by atoms with Gasteiger partial charge in [0.1, 0.15) is 23.4 Å². The minimum absolute atomic E-state index is 0.0122. The molecule has 3 aliphatic rings. The van der Waals surface area contributed by atoms with Crippen molar-refractivity contribution in [1.29, 1.82) is 0 Å². The number of amides is 7. The summed E-state index contributed by atoms with van der Waals surface area (Å²) in [5, 5.41) is 13.9. The Morgan fingerprint density at radius 1 is 0.901 bits per heavy atom. The fraction of sp³-hybridized carbons (Fsp3) is 0.385. The predicted octanol–water partition coefficient (Wildman–Crippen LogP) is 8.42. The van der Waals surface area contributed by atoms with E-state index in [2.05, 4.69) is 31.4 Å². The zero-order valence-corrected chi connectivity index (χ0v) is 41.0. The third kappa shape index (κ3) is 11.1. The Morgan fingerprint density at radius 2 is 1.62 bits per heavy atom. The van der Waals surface area contributed by atoms with Gasteiger partial charge in [0, 0.05) is 40.1 Å². The molecule has 0 unspecified atom stereocenters. The predicted molar refractivity (Wildman–Crippen MR) is 262 cm³/mol. The molecule has 0 bridgehead atoms. The van der Waals surface area contributed by atoms with Crippen molar-refractivity contribution in [3.63, 3.8) is 0 Å². The Morgan fingerprint density at radius 3 is 2.31 bits per heavy atom. The molecule has 372 valence electrons. The van der Waals surface area contributed by atoms with Crippen molar-refractivity contribution in [2.45, 2.75) is 83.2 Å². The zero-order valence-electron chi connectivity index (χ0n) is 39.5. The first kappa shape index (κ1) is 52.1. The Hall–Kier alpha value is -6.74. The minimum Gasteiger partial charge on any atom is -0.495 e. The standard InChI is InChI=1S/C52H53Cl2F2N7O8/c1-51(2,3)26-29-23-34(45(32-17-15-30(53)24-36(32)55)52(29,57-4)35-18-16-31(54)25-37(35)56)47(67)61-38-19-14-28(22-41(38)71-5)46(66)59-21-7-6-20-58-27-43(65)60-39-11-8-10-33-44(39)50(70)63(49(33)69)40-12-9-13-42(64)62-48(40)68/h8,10-11,14-19,22,24-25,29,34,40,45,58H,6-7,9,12-13,20-21,23,26-27H2,1-3,5H3,(H,59,66)(H,60,65)(H,61,67)(H,62,64,68)/t29-,34+,40-,45-,52-/m0/s1. The summed E-state index contributed by atoms with van der Waals surface area (Å²) < 4.78 is 37.8. The molecule has 7 amide bonds. The van der Waals surface area contributed by atoms with Gasteiger partial charge in [-0.3, -0.25) is 43.8 Å². The molecule has 71 heavy (non-hydrogen) atoms. The van der Waals surface area contributed by atoms with E-state index >= 15 is 8.78 Å². The van der Waals surface area contributed by atoms with Crippen LogP contribution < -0.4 is 31.3 Å². The van der Waals surface area contributed by atoms with Crippen LogP contribution in [-0.2, 0) is 24.7 Å². The zero-order chi connectivity index (χ0) is 51.4. The summed E-state index contributed by atoms with van der Waals surface area (Å²) in [4.78, 5) is 96.9. The second-order valence-corrected chi connectivity index (χ2v) is 20.0. The maximum atomic E-state index is 16.1. The lowest BCUT2D eigenvalue weighted by Gasteiger charge is -2.34. The lowest BCUT2D eigenvalue weighted by molar-refractivity contribution is -0.131. The number of carbonyl (C=O) groups excluding carboxylic acids is 7. The van der Waals surface area contributed by atoms with Gasteiger partial charge < -0.3 is 30.8 Å². The summed E-state index contributed by atoms with van der Waals surface area (Å²) in [5.74, 6) is -8.22. The van der Waals surface area contributed by atoms with Gasteiger partial charge in [0.25, 0.3) is 23.3 Å². The second kappa shape index (κ2) is 21.7. The third-order valence-corrected chi connectivity index (χ3v) is 13.6. The summed E-state index contributed by atoms with van der Waals surface area (Å²) in [6.07, 6.45) is 2.15. The summed E-state index contributed by atoms with van der Waals surface area (Å²) in [6, 6.07) is 15.8. The van der Waals surface area contributed by atoms with Gasteiger partial charge in [-0.05, 0) is 111 Å². The van der Waals surface area contributed by atoms with Crippen molar-refractivity contribution in [3.05, 3.63) is 134 Å². The van der Waals surface area contributed by atoms with Crippen LogP contribution in [0.5, 0.6) is 5.75 Å². The summed E-state index contributed by atoms with van der Waals surface area (Å²) in [6.45, 7) is 15.2. The number of nitrogens with one attached hydrogen (secondary N) is 5. The SMILES string of the molecule is [C-]#[N+][C@]1(c2ccc(Cl)cc2F)[C@H](CC(C)(C)C)C[C@@H](C(=O)Nc2ccc(C(=O)NCCCCNCC(=O)Nc3cccc4c3C(=O)N([C@H]3CCCC(=O)NC3=O)C4=O)cc2OC)[C@@H]1c1ccc(Cl)cc1F. The van der Waals surface area contributed by atoms with E-state index in [9.17, 15) is 33.6 Å². The van der Waals surface area contributed by atoms with Gasteiger partial charge in [0.2, 0.25) is 23.6 Å². The number of hydrogen-bond acceptors (Lipinski definition) is 9. The topological polar surface area (TPSA) is 196 Å². The lowest BCUT2D eigenvalue weighted by Crippen LogP contribution is -2.49. The molecule has 0 spiro atoms. The van der Waals surface area contributed by atoms with Crippen molar-refractivity contribution in [2.75, 3.05) is 37.4 Å². The molecule has 2 fully saturated rings. The molecule has 5 N–H and O–H groups in total. The van der Waals surface area contributed by atoms with Crippen LogP contribution in [0.4, 0.5) is 20.2 Å². The smallest absolute Gasteiger partial charge is 0.270 e. The molecule has 15 nitrogen and oxygen atoms in total. The van der Waals surface area contributed by atoms with E-state index < -0.39 is 82.3 Å². The van der Waals surface area contributed by atoms with E-state index in [0.29, 0.717) is 32.2 Å². The Balaban J connectivity index is 0.950. The van der Waals surface area contributed by atoms with Crippen LogP contribution in [0.15, 0.2) is 72.8 Å². The number of hydrogen-bond donors (Lipinski definition) is 5. The number of methoxy groups -OCH3 is 1. The molecular weight excluding hydrogens is 960 g/mol. The maximum absolute atomic E-state index is 16.1. The number of halogens is 4. The van der Waals surface area contributed by atoms with E-state index in [1.54, 1.807) is 0 Å². The summed E-state index contributed by atoms with van der Waals surface area (Å²) in [5.41, 5.74) is -1.48. The molecule has 1 aliphatic carbocycles. The molecule has 2 heterocycles. The van der Waals surface area contributed by atoms with E-state index in [1.807, 2.05) is 20.8 Å². The Kier molecular flexibility index (Phi) is 15.9. The highest BCUT2D eigenvalue weighted by Crippen LogP contribution is 2.62.